The molecule has 0 spiro atoms. The first kappa shape index (κ1) is 16.6. The van der Waals surface area contributed by atoms with Gasteiger partial charge in [0.2, 0.25) is 0 Å². The monoisotopic (exact) mass is 279 g/mol. The van der Waals surface area contributed by atoms with Gasteiger partial charge in [-0.3, -0.25) is 9.78 Å². The van der Waals surface area contributed by atoms with Gasteiger partial charge in [-0.1, -0.05) is 13.8 Å². The van der Waals surface area contributed by atoms with Gasteiger partial charge in [-0.25, -0.2) is 0 Å². The van der Waals surface area contributed by atoms with E-state index in [9.17, 15) is 4.79 Å². The lowest BCUT2D eigenvalue weighted by Crippen LogP contribution is -2.42. The molecule has 1 rings (SSSR count). The molecule has 0 saturated carbocycles. The van der Waals surface area contributed by atoms with Crippen LogP contribution >= 0.6 is 0 Å². The Morgan fingerprint density at radius 2 is 2.00 bits per heavy atom. The second-order valence-corrected chi connectivity index (χ2v) is 5.41. The maximum Gasteiger partial charge on any atom is 0.320 e. The van der Waals surface area contributed by atoms with Gasteiger partial charge >= 0.3 is 5.97 Å². The van der Waals surface area contributed by atoms with Crippen molar-refractivity contribution in [3.05, 3.63) is 30.1 Å². The number of hydrogen-bond acceptors (Lipinski definition) is 4. The topological polar surface area (TPSA) is 65.5 Å². The molecule has 5 nitrogen and oxygen atoms in total. The molecule has 1 aromatic rings. The Labute approximate surface area is 121 Å². The Kier molecular flexibility index (Phi) is 7.18. The summed E-state index contributed by atoms with van der Waals surface area (Å²) in [6, 6.07) is 3.72. The molecule has 0 bridgehead atoms. The SMILES string of the molecule is CC(C)NC(CCN(C)CCc1ccncc1)C(=O)O. The van der Waals surface area contributed by atoms with Gasteiger partial charge in [-0.15, -0.1) is 0 Å². The van der Waals surface area contributed by atoms with Gasteiger partial charge in [0.05, 0.1) is 0 Å². The minimum Gasteiger partial charge on any atom is -0.480 e. The van der Waals surface area contributed by atoms with E-state index in [1.807, 2.05) is 33.0 Å². The zero-order valence-electron chi connectivity index (χ0n) is 12.5. The van der Waals surface area contributed by atoms with Crippen molar-refractivity contribution < 1.29 is 9.90 Å². The summed E-state index contributed by atoms with van der Waals surface area (Å²) >= 11 is 0. The highest BCUT2D eigenvalue weighted by Gasteiger charge is 2.18. The van der Waals surface area contributed by atoms with Crippen LogP contribution in [-0.4, -0.2) is 53.2 Å². The number of aliphatic carboxylic acids is 1. The van der Waals surface area contributed by atoms with E-state index in [1.54, 1.807) is 12.4 Å². The van der Waals surface area contributed by atoms with Crippen LogP contribution in [0.4, 0.5) is 0 Å². The molecule has 0 aliphatic heterocycles. The van der Waals surface area contributed by atoms with E-state index >= 15 is 0 Å². The number of carboxylic acids is 1. The summed E-state index contributed by atoms with van der Waals surface area (Å²) in [5, 5.41) is 12.2. The average molecular weight is 279 g/mol. The molecule has 0 radical (unpaired) electrons. The number of likely N-dealkylation sites (N-methyl/N-ethyl adjacent to an activating group) is 1. The van der Waals surface area contributed by atoms with Crippen LogP contribution in [-0.2, 0) is 11.2 Å². The summed E-state index contributed by atoms with van der Waals surface area (Å²) in [4.78, 5) is 17.3. The van der Waals surface area contributed by atoms with Crippen molar-refractivity contribution in [3.63, 3.8) is 0 Å². The van der Waals surface area contributed by atoms with E-state index in [1.165, 1.54) is 5.56 Å². The summed E-state index contributed by atoms with van der Waals surface area (Å²) in [5.74, 6) is -0.777. The molecule has 5 heteroatoms. The second kappa shape index (κ2) is 8.66. The molecule has 1 atom stereocenters. The largest absolute Gasteiger partial charge is 0.480 e. The second-order valence-electron chi connectivity index (χ2n) is 5.41. The Balaban J connectivity index is 2.30. The maximum absolute atomic E-state index is 11.1. The van der Waals surface area contributed by atoms with E-state index in [0.717, 1.165) is 19.5 Å². The average Bonchev–Trinajstić information content (AvgIpc) is 2.41. The van der Waals surface area contributed by atoms with E-state index in [0.29, 0.717) is 6.42 Å². The molecule has 0 saturated heterocycles. The Hall–Kier alpha value is -1.46. The number of carboxylic acid groups (broad SMARTS) is 1. The summed E-state index contributed by atoms with van der Waals surface area (Å²) in [6.07, 6.45) is 5.15. The van der Waals surface area contributed by atoms with Gasteiger partial charge in [0, 0.05) is 25.0 Å². The summed E-state index contributed by atoms with van der Waals surface area (Å²) in [7, 11) is 2.02. The van der Waals surface area contributed by atoms with Crippen molar-refractivity contribution in [1.82, 2.24) is 15.2 Å². The lowest BCUT2D eigenvalue weighted by molar-refractivity contribution is -0.139. The molecule has 20 heavy (non-hydrogen) atoms. The molecule has 0 fully saturated rings. The van der Waals surface area contributed by atoms with E-state index < -0.39 is 12.0 Å². The maximum atomic E-state index is 11.1. The fraction of sp³-hybridized carbons (Fsp3) is 0.600. The number of hydrogen-bond donors (Lipinski definition) is 2. The minimum atomic E-state index is -0.777. The van der Waals surface area contributed by atoms with Crippen LogP contribution in [0.15, 0.2) is 24.5 Å². The first-order chi connectivity index (χ1) is 9.49. The minimum absolute atomic E-state index is 0.179. The van der Waals surface area contributed by atoms with Gasteiger partial charge in [-0.2, -0.15) is 0 Å². The fourth-order valence-corrected chi connectivity index (χ4v) is 2.01. The molecule has 1 heterocycles. The molecular formula is C15H25N3O2. The Bertz CT molecular complexity index is 395. The molecule has 0 aromatic carbocycles. The van der Waals surface area contributed by atoms with Crippen molar-refractivity contribution in [2.45, 2.75) is 38.8 Å². The highest BCUT2D eigenvalue weighted by Crippen LogP contribution is 2.01. The number of rotatable bonds is 9. The number of nitrogens with one attached hydrogen (secondary N) is 1. The Morgan fingerprint density at radius 3 is 2.55 bits per heavy atom. The normalized spacial score (nSPS) is 12.8. The van der Waals surface area contributed by atoms with Crippen LogP contribution in [0, 0.1) is 0 Å². The lowest BCUT2D eigenvalue weighted by Gasteiger charge is -2.21. The van der Waals surface area contributed by atoms with E-state index in [2.05, 4.69) is 15.2 Å². The van der Waals surface area contributed by atoms with Crippen LogP contribution in [0.25, 0.3) is 0 Å². The predicted octanol–water partition coefficient (Wildman–Crippen LogP) is 1.40. The van der Waals surface area contributed by atoms with Gasteiger partial charge < -0.3 is 15.3 Å². The van der Waals surface area contributed by atoms with E-state index in [-0.39, 0.29) is 6.04 Å². The number of pyridine rings is 1. The van der Waals surface area contributed by atoms with Gasteiger partial charge in [0.15, 0.2) is 0 Å². The molecule has 112 valence electrons. The molecule has 1 unspecified atom stereocenters. The molecule has 0 aliphatic carbocycles. The first-order valence-corrected chi connectivity index (χ1v) is 7.05. The molecule has 2 N–H and O–H groups in total. The van der Waals surface area contributed by atoms with Gasteiger partial charge in [0.1, 0.15) is 6.04 Å². The van der Waals surface area contributed by atoms with Gasteiger partial charge in [-0.05, 0) is 44.1 Å². The third-order valence-electron chi connectivity index (χ3n) is 3.16. The van der Waals surface area contributed by atoms with Crippen LogP contribution < -0.4 is 5.32 Å². The van der Waals surface area contributed by atoms with Crippen LogP contribution in [0.1, 0.15) is 25.8 Å². The van der Waals surface area contributed by atoms with Crippen molar-refractivity contribution in [1.29, 1.82) is 0 Å². The third kappa shape index (κ3) is 6.63. The van der Waals surface area contributed by atoms with Crippen LogP contribution in [0.2, 0.25) is 0 Å². The zero-order chi connectivity index (χ0) is 15.0. The highest BCUT2D eigenvalue weighted by molar-refractivity contribution is 5.73. The third-order valence-corrected chi connectivity index (χ3v) is 3.16. The van der Waals surface area contributed by atoms with Crippen molar-refractivity contribution in [2.75, 3.05) is 20.1 Å². The standard InChI is InChI=1S/C15H25N3O2/c1-12(2)17-14(15(19)20)7-11-18(3)10-6-13-4-8-16-9-5-13/h4-5,8-9,12,14,17H,6-7,10-11H2,1-3H3,(H,19,20). The first-order valence-electron chi connectivity index (χ1n) is 7.05. The summed E-state index contributed by atoms with van der Waals surface area (Å²) in [5.41, 5.74) is 1.25. The predicted molar refractivity (Wildman–Crippen MR) is 79.8 cm³/mol. The fourth-order valence-electron chi connectivity index (χ4n) is 2.01. The molecule has 0 aliphatic rings. The van der Waals surface area contributed by atoms with Crippen LogP contribution in [0.3, 0.4) is 0 Å². The van der Waals surface area contributed by atoms with Gasteiger partial charge in [0.25, 0.3) is 0 Å². The summed E-state index contributed by atoms with van der Waals surface area (Å²) < 4.78 is 0. The number of aromatic nitrogens is 1. The van der Waals surface area contributed by atoms with Crippen molar-refractivity contribution in [2.24, 2.45) is 0 Å². The zero-order valence-corrected chi connectivity index (χ0v) is 12.5. The molecule has 1 aromatic heterocycles. The Morgan fingerprint density at radius 1 is 1.35 bits per heavy atom. The summed E-state index contributed by atoms with van der Waals surface area (Å²) in [6.45, 7) is 5.60. The molecular weight excluding hydrogens is 254 g/mol. The lowest BCUT2D eigenvalue weighted by atomic mass is 10.1. The quantitative estimate of drug-likeness (QED) is 0.715. The number of carbonyl (C=O) groups is 1. The smallest absolute Gasteiger partial charge is 0.320 e. The van der Waals surface area contributed by atoms with E-state index in [4.69, 9.17) is 5.11 Å². The number of nitrogens with zero attached hydrogens (tertiary/aromatic N) is 2. The van der Waals surface area contributed by atoms with Crippen molar-refractivity contribution in [3.8, 4) is 0 Å². The van der Waals surface area contributed by atoms with Crippen molar-refractivity contribution >= 4 is 5.97 Å². The highest BCUT2D eigenvalue weighted by atomic mass is 16.4. The molecule has 0 amide bonds. The van der Waals surface area contributed by atoms with Crippen LogP contribution in [0.5, 0.6) is 0 Å².